The lowest BCUT2D eigenvalue weighted by Crippen LogP contribution is -2.41. The molecule has 6 nitrogen and oxygen atoms in total. The van der Waals surface area contributed by atoms with E-state index in [-0.39, 0.29) is 11.9 Å². The first-order valence-corrected chi connectivity index (χ1v) is 8.96. The number of fused-ring (bicyclic) bond motifs is 1. The van der Waals surface area contributed by atoms with Crippen LogP contribution >= 0.6 is 0 Å². The van der Waals surface area contributed by atoms with Crippen LogP contribution in [0.5, 0.6) is 0 Å². The fourth-order valence-corrected chi connectivity index (χ4v) is 3.67. The lowest BCUT2D eigenvalue weighted by Gasteiger charge is -2.37. The fraction of sp³-hybridized carbons (Fsp3) is 0.350. The Balaban J connectivity index is 1.59. The molecule has 1 atom stereocenters. The van der Waals surface area contributed by atoms with Crippen molar-refractivity contribution in [2.45, 2.75) is 38.9 Å². The van der Waals surface area contributed by atoms with E-state index in [1.165, 1.54) is 5.56 Å². The second-order valence-electron chi connectivity index (χ2n) is 6.82. The van der Waals surface area contributed by atoms with Crippen LogP contribution in [0, 0.1) is 6.92 Å². The Kier molecular flexibility index (Phi) is 4.32. The van der Waals surface area contributed by atoms with Gasteiger partial charge in [0.2, 0.25) is 5.91 Å². The third-order valence-corrected chi connectivity index (χ3v) is 5.20. The molecule has 0 aliphatic carbocycles. The molecule has 0 radical (unpaired) electrons. The SMILES string of the molecule is Cc1cnc2n1C[C@@H](c1ccccc1)N(C(=O)CCc1ccnn1C)C2. The molecule has 4 rings (SSSR count). The molecule has 3 heterocycles. The van der Waals surface area contributed by atoms with Crippen molar-refractivity contribution in [2.24, 2.45) is 7.05 Å². The summed E-state index contributed by atoms with van der Waals surface area (Å²) in [6, 6.07) is 12.3. The van der Waals surface area contributed by atoms with Crippen LogP contribution in [-0.4, -0.2) is 30.1 Å². The number of carbonyl (C=O) groups excluding carboxylic acids is 1. The Morgan fingerprint density at radius 3 is 2.77 bits per heavy atom. The molecule has 0 unspecified atom stereocenters. The molecule has 0 saturated heterocycles. The second-order valence-corrected chi connectivity index (χ2v) is 6.82. The van der Waals surface area contributed by atoms with E-state index in [0.29, 0.717) is 19.4 Å². The molecule has 0 spiro atoms. The molecule has 0 fully saturated rings. The van der Waals surface area contributed by atoms with Crippen LogP contribution in [0.2, 0.25) is 0 Å². The molecule has 1 aliphatic rings. The summed E-state index contributed by atoms with van der Waals surface area (Å²) in [5.74, 6) is 1.12. The molecule has 0 bridgehead atoms. The number of carbonyl (C=O) groups is 1. The number of aromatic nitrogens is 4. The highest BCUT2D eigenvalue weighted by molar-refractivity contribution is 5.77. The molecule has 6 heteroatoms. The van der Waals surface area contributed by atoms with E-state index in [0.717, 1.165) is 23.8 Å². The maximum absolute atomic E-state index is 13.1. The molecule has 1 aromatic carbocycles. The minimum absolute atomic E-state index is 0.0376. The largest absolute Gasteiger partial charge is 0.328 e. The Labute approximate surface area is 153 Å². The van der Waals surface area contributed by atoms with Gasteiger partial charge in [0.15, 0.2) is 0 Å². The lowest BCUT2D eigenvalue weighted by atomic mass is 10.0. The monoisotopic (exact) mass is 349 g/mol. The first-order valence-electron chi connectivity index (χ1n) is 8.96. The van der Waals surface area contributed by atoms with E-state index in [4.69, 9.17) is 0 Å². The first-order chi connectivity index (χ1) is 12.6. The molecule has 0 saturated carbocycles. The van der Waals surface area contributed by atoms with Crippen LogP contribution in [-0.2, 0) is 31.4 Å². The Morgan fingerprint density at radius 2 is 2.04 bits per heavy atom. The molecule has 3 aromatic rings. The van der Waals surface area contributed by atoms with Gasteiger partial charge in [-0.15, -0.1) is 0 Å². The average Bonchev–Trinajstić information content (AvgIpc) is 3.25. The van der Waals surface area contributed by atoms with Gasteiger partial charge in [-0.3, -0.25) is 9.48 Å². The molecular formula is C20H23N5O. The van der Waals surface area contributed by atoms with Gasteiger partial charge in [-0.25, -0.2) is 4.98 Å². The van der Waals surface area contributed by atoms with E-state index in [2.05, 4.69) is 33.7 Å². The topological polar surface area (TPSA) is 56.0 Å². The molecule has 0 N–H and O–H groups in total. The first kappa shape index (κ1) is 16.6. The lowest BCUT2D eigenvalue weighted by molar-refractivity contribution is -0.135. The quantitative estimate of drug-likeness (QED) is 0.728. The number of benzene rings is 1. The van der Waals surface area contributed by atoms with Gasteiger partial charge in [0, 0.05) is 43.8 Å². The molecule has 1 aliphatic heterocycles. The van der Waals surface area contributed by atoms with Gasteiger partial charge in [0.05, 0.1) is 12.6 Å². The van der Waals surface area contributed by atoms with E-state index < -0.39 is 0 Å². The number of nitrogens with zero attached hydrogens (tertiary/aromatic N) is 5. The minimum Gasteiger partial charge on any atom is -0.328 e. The second kappa shape index (κ2) is 6.78. The number of aryl methyl sites for hydroxylation is 3. The van der Waals surface area contributed by atoms with Crippen molar-refractivity contribution in [3.05, 3.63) is 71.6 Å². The summed E-state index contributed by atoms with van der Waals surface area (Å²) in [5, 5.41) is 4.18. The van der Waals surface area contributed by atoms with Gasteiger partial charge in [-0.1, -0.05) is 30.3 Å². The highest BCUT2D eigenvalue weighted by atomic mass is 16.2. The molecule has 1 amide bonds. The van der Waals surface area contributed by atoms with Crippen LogP contribution in [0.3, 0.4) is 0 Å². The van der Waals surface area contributed by atoms with Crippen molar-refractivity contribution in [3.8, 4) is 0 Å². The van der Waals surface area contributed by atoms with Gasteiger partial charge in [0.25, 0.3) is 0 Å². The summed E-state index contributed by atoms with van der Waals surface area (Å²) in [7, 11) is 1.91. The van der Waals surface area contributed by atoms with E-state index in [1.54, 1.807) is 6.20 Å². The van der Waals surface area contributed by atoms with Crippen LogP contribution in [0.1, 0.15) is 35.2 Å². The maximum atomic E-state index is 13.1. The summed E-state index contributed by atoms with van der Waals surface area (Å²) >= 11 is 0. The highest BCUT2D eigenvalue weighted by Crippen LogP contribution is 2.30. The Morgan fingerprint density at radius 1 is 1.23 bits per heavy atom. The zero-order chi connectivity index (χ0) is 18.1. The standard InChI is InChI=1S/C20H23N5O/c1-15-12-21-19-14-25(20(26)9-8-17-10-11-22-23(17)2)18(13-24(15)19)16-6-4-3-5-7-16/h3-7,10-12,18H,8-9,13-14H2,1-2H3/t18-/m0/s1. The third kappa shape index (κ3) is 3.03. The molecular weight excluding hydrogens is 326 g/mol. The predicted octanol–water partition coefficient (Wildman–Crippen LogP) is 2.64. The third-order valence-electron chi connectivity index (χ3n) is 5.20. The number of amides is 1. The van der Waals surface area contributed by atoms with E-state index >= 15 is 0 Å². The maximum Gasteiger partial charge on any atom is 0.223 e. The summed E-state index contributed by atoms with van der Waals surface area (Å²) < 4.78 is 4.05. The van der Waals surface area contributed by atoms with Crippen LogP contribution in [0.25, 0.3) is 0 Å². The summed E-state index contributed by atoms with van der Waals surface area (Å²) in [5.41, 5.74) is 3.38. The normalized spacial score (nSPS) is 16.5. The van der Waals surface area contributed by atoms with Crippen LogP contribution < -0.4 is 0 Å². The predicted molar refractivity (Wildman–Crippen MR) is 98.2 cm³/mol. The minimum atomic E-state index is 0.0376. The zero-order valence-corrected chi connectivity index (χ0v) is 15.2. The van der Waals surface area contributed by atoms with Crippen molar-refractivity contribution < 1.29 is 4.79 Å². The molecule has 26 heavy (non-hydrogen) atoms. The number of hydrogen-bond donors (Lipinski definition) is 0. The van der Waals surface area contributed by atoms with Crippen molar-refractivity contribution in [1.29, 1.82) is 0 Å². The van der Waals surface area contributed by atoms with Gasteiger partial charge in [-0.2, -0.15) is 5.10 Å². The summed E-state index contributed by atoms with van der Waals surface area (Å²) in [6.45, 7) is 3.37. The smallest absolute Gasteiger partial charge is 0.223 e. The fourth-order valence-electron chi connectivity index (χ4n) is 3.67. The Bertz CT molecular complexity index is 911. The van der Waals surface area contributed by atoms with E-state index in [1.807, 2.05) is 47.1 Å². The van der Waals surface area contributed by atoms with Gasteiger partial charge in [0.1, 0.15) is 5.82 Å². The highest BCUT2D eigenvalue weighted by Gasteiger charge is 2.32. The zero-order valence-electron chi connectivity index (χ0n) is 15.2. The van der Waals surface area contributed by atoms with Gasteiger partial charge in [-0.05, 0) is 25.0 Å². The van der Waals surface area contributed by atoms with Crippen molar-refractivity contribution in [2.75, 3.05) is 0 Å². The summed E-state index contributed by atoms with van der Waals surface area (Å²) in [4.78, 5) is 19.5. The number of rotatable bonds is 4. The Hall–Kier alpha value is -2.89. The van der Waals surface area contributed by atoms with Crippen LogP contribution in [0.15, 0.2) is 48.8 Å². The number of hydrogen-bond acceptors (Lipinski definition) is 3. The van der Waals surface area contributed by atoms with Gasteiger partial charge < -0.3 is 9.47 Å². The van der Waals surface area contributed by atoms with Crippen molar-refractivity contribution >= 4 is 5.91 Å². The summed E-state index contributed by atoms with van der Waals surface area (Å²) in [6.07, 6.45) is 4.83. The van der Waals surface area contributed by atoms with Gasteiger partial charge >= 0.3 is 0 Å². The van der Waals surface area contributed by atoms with Crippen molar-refractivity contribution in [3.63, 3.8) is 0 Å². The molecule has 134 valence electrons. The average molecular weight is 349 g/mol. The van der Waals surface area contributed by atoms with E-state index in [9.17, 15) is 4.79 Å². The van der Waals surface area contributed by atoms with Crippen molar-refractivity contribution in [1.82, 2.24) is 24.2 Å². The van der Waals surface area contributed by atoms with Crippen LogP contribution in [0.4, 0.5) is 0 Å². The molecule has 2 aromatic heterocycles. The number of imidazole rings is 1.